The molecule has 2 nitrogen and oxygen atoms in total. The van der Waals surface area contributed by atoms with E-state index in [4.69, 9.17) is 0 Å². The monoisotopic (exact) mass is 182 g/mol. The van der Waals surface area contributed by atoms with Crippen LogP contribution in [0.15, 0.2) is 0 Å². The minimum atomic E-state index is -0.475. The third-order valence-electron chi connectivity index (χ3n) is 4.98. The third kappa shape index (κ3) is 0.736. The van der Waals surface area contributed by atoms with Crippen LogP contribution in [0.4, 0.5) is 0 Å². The van der Waals surface area contributed by atoms with Gasteiger partial charge in [0, 0.05) is 5.41 Å². The molecular weight excluding hydrogens is 164 g/mol. The van der Waals surface area contributed by atoms with E-state index in [-0.39, 0.29) is 11.5 Å². The average Bonchev–Trinajstić information content (AvgIpc) is 2.30. The van der Waals surface area contributed by atoms with E-state index < -0.39 is 5.60 Å². The van der Waals surface area contributed by atoms with E-state index in [2.05, 4.69) is 0 Å². The number of aliphatic hydroxyl groups is 2. The highest BCUT2D eigenvalue weighted by atomic mass is 16.3. The van der Waals surface area contributed by atoms with E-state index in [0.29, 0.717) is 5.92 Å². The van der Waals surface area contributed by atoms with Crippen molar-refractivity contribution in [1.82, 2.24) is 0 Å². The largest absolute Gasteiger partial charge is 0.392 e. The molecule has 13 heavy (non-hydrogen) atoms. The molecular formula is C11H18O2. The molecule has 3 saturated carbocycles. The van der Waals surface area contributed by atoms with Crippen molar-refractivity contribution in [2.24, 2.45) is 11.3 Å². The molecule has 0 aromatic heterocycles. The Labute approximate surface area is 79.0 Å². The van der Waals surface area contributed by atoms with Crippen molar-refractivity contribution >= 4 is 0 Å². The third-order valence-corrected chi connectivity index (χ3v) is 4.98. The second-order valence-corrected chi connectivity index (χ2v) is 5.27. The lowest BCUT2D eigenvalue weighted by atomic mass is 9.45. The van der Waals surface area contributed by atoms with Crippen LogP contribution in [0, 0.1) is 11.3 Å². The number of rotatable bonds is 0. The molecule has 0 aliphatic heterocycles. The van der Waals surface area contributed by atoms with E-state index >= 15 is 0 Å². The van der Waals surface area contributed by atoms with E-state index in [1.165, 1.54) is 6.42 Å². The summed E-state index contributed by atoms with van der Waals surface area (Å²) in [4.78, 5) is 0. The van der Waals surface area contributed by atoms with E-state index in [9.17, 15) is 10.2 Å². The Bertz CT molecular complexity index is 232. The fourth-order valence-corrected chi connectivity index (χ4v) is 4.40. The molecule has 74 valence electrons. The van der Waals surface area contributed by atoms with Crippen LogP contribution in [-0.2, 0) is 0 Å². The summed E-state index contributed by atoms with van der Waals surface area (Å²) in [7, 11) is 0. The maximum absolute atomic E-state index is 10.3. The van der Waals surface area contributed by atoms with Crippen molar-refractivity contribution in [3.05, 3.63) is 0 Å². The van der Waals surface area contributed by atoms with Crippen LogP contribution < -0.4 is 0 Å². The minimum Gasteiger partial charge on any atom is -0.392 e. The SMILES string of the molecule is OC1CCCC2CC3(O)CCCC123. The molecule has 2 N–H and O–H groups in total. The van der Waals surface area contributed by atoms with Gasteiger partial charge in [0.15, 0.2) is 0 Å². The van der Waals surface area contributed by atoms with Gasteiger partial charge in [0.1, 0.15) is 0 Å². The summed E-state index contributed by atoms with van der Waals surface area (Å²) < 4.78 is 0. The van der Waals surface area contributed by atoms with Gasteiger partial charge in [0.2, 0.25) is 0 Å². The van der Waals surface area contributed by atoms with Gasteiger partial charge in [-0.05, 0) is 44.4 Å². The number of hydrogen-bond donors (Lipinski definition) is 2. The summed E-state index contributed by atoms with van der Waals surface area (Å²) in [5, 5.41) is 20.4. The highest BCUT2D eigenvalue weighted by Gasteiger charge is 2.70. The molecule has 0 bridgehead atoms. The van der Waals surface area contributed by atoms with E-state index in [0.717, 1.165) is 38.5 Å². The van der Waals surface area contributed by atoms with Crippen LogP contribution in [0.3, 0.4) is 0 Å². The first-order valence-electron chi connectivity index (χ1n) is 5.59. The molecule has 2 heteroatoms. The molecule has 3 aliphatic rings. The normalized spacial score (nSPS) is 59.5. The molecule has 0 radical (unpaired) electrons. The van der Waals surface area contributed by atoms with Crippen molar-refractivity contribution in [1.29, 1.82) is 0 Å². The number of hydrogen-bond acceptors (Lipinski definition) is 2. The molecule has 0 aromatic rings. The van der Waals surface area contributed by atoms with Crippen LogP contribution in [0.1, 0.15) is 44.9 Å². The van der Waals surface area contributed by atoms with Crippen molar-refractivity contribution in [3.8, 4) is 0 Å². The van der Waals surface area contributed by atoms with Crippen molar-refractivity contribution in [3.63, 3.8) is 0 Å². The fourth-order valence-electron chi connectivity index (χ4n) is 4.40. The summed E-state index contributed by atoms with van der Waals surface area (Å²) in [5.74, 6) is 0.628. The van der Waals surface area contributed by atoms with Crippen LogP contribution >= 0.6 is 0 Å². The van der Waals surface area contributed by atoms with Gasteiger partial charge in [0.25, 0.3) is 0 Å². The molecule has 3 aliphatic carbocycles. The Hall–Kier alpha value is -0.0800. The molecule has 4 unspecified atom stereocenters. The summed E-state index contributed by atoms with van der Waals surface area (Å²) in [6.07, 6.45) is 7.17. The van der Waals surface area contributed by atoms with Gasteiger partial charge in [-0.25, -0.2) is 0 Å². The highest BCUT2D eigenvalue weighted by molar-refractivity contribution is 5.20. The standard InChI is InChI=1S/C11H18O2/c12-9-4-1-3-8-7-10(13)5-2-6-11(8,9)10/h8-9,12-13H,1-7H2. The van der Waals surface area contributed by atoms with Gasteiger partial charge >= 0.3 is 0 Å². The fraction of sp³-hybridized carbons (Fsp3) is 1.00. The Morgan fingerprint density at radius 1 is 1.08 bits per heavy atom. The lowest BCUT2D eigenvalue weighted by Crippen LogP contribution is -2.67. The van der Waals surface area contributed by atoms with Gasteiger partial charge in [-0.15, -0.1) is 0 Å². The molecule has 3 fully saturated rings. The van der Waals surface area contributed by atoms with Crippen LogP contribution in [-0.4, -0.2) is 21.9 Å². The van der Waals surface area contributed by atoms with Gasteiger partial charge in [-0.2, -0.15) is 0 Å². The Morgan fingerprint density at radius 2 is 1.92 bits per heavy atom. The predicted octanol–water partition coefficient (Wildman–Crippen LogP) is 1.45. The Balaban J connectivity index is 1.98. The van der Waals surface area contributed by atoms with Crippen molar-refractivity contribution < 1.29 is 10.2 Å². The summed E-state index contributed by atoms with van der Waals surface area (Å²) >= 11 is 0. The first kappa shape index (κ1) is 8.25. The first-order valence-corrected chi connectivity index (χ1v) is 5.59. The molecule has 0 amide bonds. The predicted molar refractivity (Wildman–Crippen MR) is 49.2 cm³/mol. The summed E-state index contributed by atoms with van der Waals surface area (Å²) in [6, 6.07) is 0. The quantitative estimate of drug-likeness (QED) is 0.595. The second-order valence-electron chi connectivity index (χ2n) is 5.27. The number of aliphatic hydroxyl groups excluding tert-OH is 1. The van der Waals surface area contributed by atoms with Crippen molar-refractivity contribution in [2.45, 2.75) is 56.7 Å². The van der Waals surface area contributed by atoms with Crippen LogP contribution in [0.25, 0.3) is 0 Å². The molecule has 0 saturated heterocycles. The lowest BCUT2D eigenvalue weighted by Gasteiger charge is -2.63. The van der Waals surface area contributed by atoms with Crippen LogP contribution in [0.2, 0.25) is 0 Å². The molecule has 3 rings (SSSR count). The van der Waals surface area contributed by atoms with E-state index in [1.807, 2.05) is 0 Å². The second kappa shape index (κ2) is 2.29. The van der Waals surface area contributed by atoms with Crippen molar-refractivity contribution in [2.75, 3.05) is 0 Å². The van der Waals surface area contributed by atoms with Gasteiger partial charge < -0.3 is 10.2 Å². The Kier molecular flexibility index (Phi) is 1.45. The van der Waals surface area contributed by atoms with Gasteiger partial charge in [-0.3, -0.25) is 0 Å². The highest BCUT2D eigenvalue weighted by Crippen LogP contribution is 2.68. The Morgan fingerprint density at radius 3 is 2.62 bits per heavy atom. The van der Waals surface area contributed by atoms with E-state index in [1.54, 1.807) is 0 Å². The zero-order chi connectivity index (χ0) is 9.10. The molecule has 0 aromatic carbocycles. The lowest BCUT2D eigenvalue weighted by molar-refractivity contribution is -0.252. The maximum Gasteiger partial charge on any atom is 0.0734 e. The smallest absolute Gasteiger partial charge is 0.0734 e. The maximum atomic E-state index is 10.3. The van der Waals surface area contributed by atoms with Gasteiger partial charge in [-0.1, -0.05) is 6.42 Å². The van der Waals surface area contributed by atoms with Gasteiger partial charge in [0.05, 0.1) is 11.7 Å². The first-order chi connectivity index (χ1) is 6.19. The molecule has 1 spiro atoms. The van der Waals surface area contributed by atoms with Crippen LogP contribution in [0.5, 0.6) is 0 Å². The summed E-state index contributed by atoms with van der Waals surface area (Å²) in [5.41, 5.74) is -0.539. The molecule has 4 atom stereocenters. The zero-order valence-corrected chi connectivity index (χ0v) is 8.00. The minimum absolute atomic E-state index is 0.0642. The zero-order valence-electron chi connectivity index (χ0n) is 8.00. The average molecular weight is 182 g/mol. The summed E-state index contributed by atoms with van der Waals surface area (Å²) in [6.45, 7) is 0. The topological polar surface area (TPSA) is 40.5 Å². The molecule has 0 heterocycles.